The molecule has 0 atom stereocenters. The number of carbonyl (C=O) groups excluding carboxylic acids is 3. The maximum absolute atomic E-state index is 10.0. The molecule has 0 bridgehead atoms. The Hall–Kier alpha value is -10.9. The Labute approximate surface area is 745 Å². The molecule has 0 fully saturated rings. The zero-order valence-corrected chi connectivity index (χ0v) is 77.2. The number of aliphatic hydroxyl groups is 3. The number of hydrogen-bond donors (Lipinski definition) is 3. The van der Waals surface area contributed by atoms with Crippen molar-refractivity contribution >= 4 is 81.6 Å². The van der Waals surface area contributed by atoms with Crippen LogP contribution in [-0.2, 0) is 80.1 Å². The van der Waals surface area contributed by atoms with E-state index in [0.717, 1.165) is 33.8 Å². The van der Waals surface area contributed by atoms with Gasteiger partial charge in [0, 0.05) is 112 Å². The van der Waals surface area contributed by atoms with Gasteiger partial charge >= 0.3 is 0 Å². The van der Waals surface area contributed by atoms with Crippen LogP contribution >= 0.6 is 34.0 Å². The van der Waals surface area contributed by atoms with Crippen LogP contribution in [0.25, 0.3) is 140 Å². The zero-order valence-electron chi connectivity index (χ0n) is 67.6. The number of rotatable bonds is 13. The van der Waals surface area contributed by atoms with Crippen molar-refractivity contribution in [2.45, 2.75) is 88.5 Å². The van der Waals surface area contributed by atoms with Crippen LogP contribution in [0.1, 0.15) is 84.6 Å². The minimum absolute atomic E-state index is 0. The van der Waals surface area contributed by atoms with Gasteiger partial charge in [0.25, 0.3) is 0 Å². The number of hydrogen-bond acceptors (Lipinski definition) is 12. The predicted octanol–water partition coefficient (Wildman–Crippen LogP) is 28.3. The van der Waals surface area contributed by atoms with Crippen molar-refractivity contribution < 1.29 is 90.0 Å². The maximum atomic E-state index is 10.0. The van der Waals surface area contributed by atoms with Crippen LogP contribution in [0.3, 0.4) is 0 Å². The van der Waals surface area contributed by atoms with Gasteiger partial charge in [-0.3, -0.25) is 14.4 Å². The zero-order chi connectivity index (χ0) is 81.7. The standard InChI is InChI=1S/C33H24NS.C29H24NS.C26H18NS.3C5H8O2.3Ir/c1-22-8-6-9-23(2)33(22)26-16-14-25(15-17-26)31-20-29-19-30(34-21-32(29)35-31)28-13-7-12-27(18-28)24-10-4-3-5-11-24;1-29(2,3)25-14-12-21(13-15-25)27-18-24-17-26(30-19-28(24)31-27)23-11-7-10-22(16-23)20-8-5-4-6-9-20;1-18-23-16-24(22-14-8-13-21(15-22)19-9-4-2-5-10-19)27-17-25(23)28-26(18)20-11-6-3-7-12-20;3*1-4(6)3-5(2)7;;;/h3-12,14-21H,1-2H3;4-10,12-19H,1-3H3;2-13,15-17H,1H3;3*3,6H,1-2H3;;;/q3*-1;;;;;;. The number of aryl methyl sites for hydroxylation is 3. The quantitative estimate of drug-likeness (QED) is 0.0582. The Balaban J connectivity index is 0.000000195. The number of pyridine rings is 3. The summed E-state index contributed by atoms with van der Waals surface area (Å²) < 4.78 is 3.62. The van der Waals surface area contributed by atoms with Gasteiger partial charge in [0.15, 0.2) is 17.3 Å². The first-order chi connectivity index (χ1) is 55.3. The molecule has 0 aliphatic carbocycles. The van der Waals surface area contributed by atoms with E-state index in [4.69, 9.17) is 30.3 Å². The van der Waals surface area contributed by atoms with E-state index in [-0.39, 0.29) is 100 Å². The Morgan fingerprint density at radius 2 is 0.678 bits per heavy atom. The average molecular weight is 2140 g/mol. The average Bonchev–Trinajstić information content (AvgIpc) is 1.63. The third kappa shape index (κ3) is 25.8. The van der Waals surface area contributed by atoms with E-state index in [0.29, 0.717) is 0 Å². The summed E-state index contributed by atoms with van der Waals surface area (Å²) in [5.74, 6) is -0.187. The molecule has 0 saturated heterocycles. The minimum atomic E-state index is -0.125. The molecule has 118 heavy (non-hydrogen) atoms. The van der Waals surface area contributed by atoms with Crippen molar-refractivity contribution in [2.75, 3.05) is 0 Å². The van der Waals surface area contributed by atoms with E-state index in [1.54, 1.807) is 22.7 Å². The number of thiophene rings is 3. The molecule has 3 N–H and O–H groups in total. The summed E-state index contributed by atoms with van der Waals surface area (Å²) in [4.78, 5) is 48.2. The molecule has 16 aromatic rings. The van der Waals surface area contributed by atoms with Gasteiger partial charge in [-0.15, -0.1) is 140 Å². The number of fused-ring (bicyclic) bond motifs is 3. The Bertz CT molecular complexity index is 6050. The molecule has 0 spiro atoms. The molecular formula is C103H90Ir3N3O6S3-3. The fraction of sp³-hybridized carbons (Fsp3) is 0.126. The van der Waals surface area contributed by atoms with Crippen LogP contribution in [0.5, 0.6) is 0 Å². The van der Waals surface area contributed by atoms with Crippen LogP contribution in [0.4, 0.5) is 0 Å². The van der Waals surface area contributed by atoms with E-state index < -0.39 is 0 Å². The van der Waals surface area contributed by atoms with E-state index in [1.807, 2.05) is 66.3 Å². The van der Waals surface area contributed by atoms with Gasteiger partial charge in [0.05, 0.1) is 31.4 Å². The van der Waals surface area contributed by atoms with Crippen LogP contribution in [0, 0.1) is 39.0 Å². The second-order valence-electron chi connectivity index (χ2n) is 28.9. The smallest absolute Gasteiger partial charge is 0.155 e. The molecule has 3 radical (unpaired) electrons. The fourth-order valence-corrected chi connectivity index (χ4v) is 16.2. The summed E-state index contributed by atoms with van der Waals surface area (Å²) in [6.07, 6.45) is 9.48. The number of benzene rings is 10. The molecule has 10 aromatic carbocycles. The first-order valence-corrected chi connectivity index (χ1v) is 40.1. The second kappa shape index (κ2) is 44.1. The van der Waals surface area contributed by atoms with Crippen molar-refractivity contribution in [1.29, 1.82) is 0 Å². The SMILES string of the molecule is CC(=O)C=C(C)O.CC(=O)C=C(C)O.CC(=O)C=C(C)O.CC(C)(C)c1ccc(-c2cc3cc(-c4[c-]ccc(-c5ccccc5)c4)ncc3s2)cc1.Cc1c(-c2ccccc2)sc2cnc(-c3[c-]ccc(-c4ccccc4)c3)cc12.Cc1cccc(C)c1-c1ccc(-c2cc3cc(-c4[c-]ccc(-c5ccccc5)c4)ncc3s2)cc1.[Ir].[Ir].[Ir]. The summed E-state index contributed by atoms with van der Waals surface area (Å²) in [6.45, 7) is 21.9. The summed E-state index contributed by atoms with van der Waals surface area (Å²) in [5, 5.41) is 28.8. The minimum Gasteiger partial charge on any atom is -0.512 e. The Morgan fingerprint density at radius 3 is 1.02 bits per heavy atom. The van der Waals surface area contributed by atoms with E-state index >= 15 is 0 Å². The van der Waals surface area contributed by atoms with Crippen molar-refractivity contribution in [3.8, 4) is 110 Å². The van der Waals surface area contributed by atoms with Crippen molar-refractivity contribution in [2.24, 2.45) is 0 Å². The molecule has 0 amide bonds. The van der Waals surface area contributed by atoms with Gasteiger partial charge < -0.3 is 30.3 Å². The maximum Gasteiger partial charge on any atom is 0.155 e. The molecule has 6 aromatic heterocycles. The molecule has 601 valence electrons. The Kier molecular flexibility index (Phi) is 34.6. The van der Waals surface area contributed by atoms with Gasteiger partial charge in [0.1, 0.15) is 0 Å². The van der Waals surface area contributed by atoms with Crippen molar-refractivity contribution in [1.82, 2.24) is 15.0 Å². The Morgan fingerprint density at radius 1 is 0.347 bits per heavy atom. The first-order valence-electron chi connectivity index (χ1n) is 37.7. The molecule has 16 rings (SSSR count). The van der Waals surface area contributed by atoms with E-state index in [1.165, 1.54) is 188 Å². The van der Waals surface area contributed by atoms with Crippen LogP contribution in [-0.4, -0.2) is 47.6 Å². The van der Waals surface area contributed by atoms with E-state index in [2.05, 4.69) is 296 Å². The van der Waals surface area contributed by atoms with Crippen molar-refractivity contribution in [3.63, 3.8) is 0 Å². The molecule has 6 heterocycles. The van der Waals surface area contributed by atoms with Crippen LogP contribution < -0.4 is 0 Å². The number of aliphatic hydroxyl groups excluding tert-OH is 3. The normalized spacial score (nSPS) is 11.0. The van der Waals surface area contributed by atoms with Gasteiger partial charge in [-0.25, -0.2) is 0 Å². The number of nitrogens with zero attached hydrogens (tertiary/aromatic N) is 3. The molecular weight excluding hydrogens is 2050 g/mol. The second-order valence-corrected chi connectivity index (χ2v) is 32.1. The summed E-state index contributed by atoms with van der Waals surface area (Å²) in [6, 6.07) is 106. The van der Waals surface area contributed by atoms with E-state index in [9.17, 15) is 14.4 Å². The predicted molar refractivity (Wildman–Crippen MR) is 484 cm³/mol. The molecule has 0 unspecified atom stereocenters. The molecule has 0 aliphatic heterocycles. The molecule has 0 saturated carbocycles. The number of aromatic nitrogens is 3. The van der Waals surface area contributed by atoms with Crippen LogP contribution in [0.2, 0.25) is 0 Å². The van der Waals surface area contributed by atoms with Crippen LogP contribution in [0.15, 0.2) is 327 Å². The fourth-order valence-electron chi connectivity index (χ4n) is 13.0. The number of carbonyl (C=O) groups is 3. The summed E-state index contributed by atoms with van der Waals surface area (Å²) in [5.41, 5.74) is 24.9. The number of allylic oxidation sites excluding steroid dienone is 6. The van der Waals surface area contributed by atoms with Gasteiger partial charge in [0.2, 0.25) is 0 Å². The molecule has 0 aliphatic rings. The molecule has 15 heteroatoms. The van der Waals surface area contributed by atoms with Gasteiger partial charge in [-0.05, 0) is 180 Å². The first kappa shape index (κ1) is 92.6. The summed E-state index contributed by atoms with van der Waals surface area (Å²) >= 11 is 5.39. The largest absolute Gasteiger partial charge is 0.512 e. The third-order valence-corrected chi connectivity index (χ3v) is 22.0. The van der Waals surface area contributed by atoms with Gasteiger partial charge in [-0.1, -0.05) is 227 Å². The molecule has 9 nitrogen and oxygen atoms in total. The van der Waals surface area contributed by atoms with Gasteiger partial charge in [-0.2, -0.15) is 0 Å². The van der Waals surface area contributed by atoms with Crippen molar-refractivity contribution in [3.05, 3.63) is 368 Å². The number of ketones is 3. The third-order valence-electron chi connectivity index (χ3n) is 18.4. The topological polar surface area (TPSA) is 151 Å². The summed E-state index contributed by atoms with van der Waals surface area (Å²) in [7, 11) is 0. The monoisotopic (exact) mass is 2140 g/mol.